The summed E-state index contributed by atoms with van der Waals surface area (Å²) in [5, 5.41) is 34.5. The van der Waals surface area contributed by atoms with Gasteiger partial charge < -0.3 is 20.4 Å². The van der Waals surface area contributed by atoms with E-state index >= 15 is 0 Å². The van der Waals surface area contributed by atoms with Crippen LogP contribution in [0.3, 0.4) is 0 Å². The fraction of sp³-hybridized carbons (Fsp3) is 0.538. The third-order valence-electron chi connectivity index (χ3n) is 2.13. The average Bonchev–Trinajstić information content (AvgIpc) is 2.31. The van der Waals surface area contributed by atoms with Crippen molar-refractivity contribution in [3.63, 3.8) is 0 Å². The van der Waals surface area contributed by atoms with Gasteiger partial charge in [0.2, 0.25) is 0 Å². The molecule has 1 aromatic carbocycles. The van der Waals surface area contributed by atoms with Gasteiger partial charge in [-0.2, -0.15) is 0 Å². The Morgan fingerprint density at radius 3 is 2.29 bits per heavy atom. The van der Waals surface area contributed by atoms with Gasteiger partial charge in [-0.25, -0.2) is 0 Å². The number of rotatable bonds is 4. The van der Waals surface area contributed by atoms with E-state index in [1.165, 1.54) is 19.1 Å². The molecule has 0 aliphatic rings. The van der Waals surface area contributed by atoms with Crippen LogP contribution in [0.5, 0.6) is 11.5 Å². The first-order chi connectivity index (χ1) is 8.01. The molecule has 0 fully saturated rings. The predicted molar refractivity (Wildman–Crippen MR) is 67.2 cm³/mol. The molecule has 4 N–H and O–H groups in total. The molecule has 0 bridgehead atoms. The summed E-state index contributed by atoms with van der Waals surface area (Å²) >= 11 is 0. The van der Waals surface area contributed by atoms with Crippen molar-refractivity contribution in [2.45, 2.75) is 39.2 Å². The summed E-state index contributed by atoms with van der Waals surface area (Å²) in [7, 11) is 0. The van der Waals surface area contributed by atoms with Crippen molar-refractivity contribution in [3.05, 3.63) is 23.8 Å². The van der Waals surface area contributed by atoms with E-state index < -0.39 is 6.10 Å². The second kappa shape index (κ2) is 8.84. The number of hydrogen-bond acceptors (Lipinski definition) is 4. The first-order valence-corrected chi connectivity index (χ1v) is 5.81. The highest BCUT2D eigenvalue weighted by Gasteiger charge is 2.00. The second-order valence-electron chi connectivity index (χ2n) is 3.95. The lowest BCUT2D eigenvalue weighted by molar-refractivity contribution is 0.110. The van der Waals surface area contributed by atoms with E-state index in [-0.39, 0.29) is 18.1 Å². The van der Waals surface area contributed by atoms with Gasteiger partial charge in [0.15, 0.2) is 0 Å². The zero-order valence-corrected chi connectivity index (χ0v) is 10.4. The Bertz CT molecular complexity index is 310. The molecule has 0 saturated carbocycles. The SMILES string of the molecule is CC(O)CO.CCCCc1cc(O)ccc1O. The summed E-state index contributed by atoms with van der Waals surface area (Å²) in [6, 6.07) is 4.64. The summed E-state index contributed by atoms with van der Waals surface area (Å²) in [4.78, 5) is 0. The zero-order valence-electron chi connectivity index (χ0n) is 10.4. The third kappa shape index (κ3) is 7.60. The van der Waals surface area contributed by atoms with Crippen LogP contribution in [0.1, 0.15) is 32.3 Å². The van der Waals surface area contributed by atoms with Crippen LogP contribution < -0.4 is 0 Å². The third-order valence-corrected chi connectivity index (χ3v) is 2.13. The standard InChI is InChI=1S/C10H14O2.C3H8O2/c1-2-3-4-8-7-9(11)5-6-10(8)12;1-3(5)2-4/h5-7,11-12H,2-4H2,1H3;3-5H,2H2,1H3. The van der Waals surface area contributed by atoms with E-state index in [1.54, 1.807) is 6.07 Å². The molecule has 0 aliphatic heterocycles. The van der Waals surface area contributed by atoms with E-state index in [1.807, 2.05) is 0 Å². The van der Waals surface area contributed by atoms with Crippen molar-refractivity contribution in [3.8, 4) is 11.5 Å². The van der Waals surface area contributed by atoms with Gasteiger partial charge in [-0.3, -0.25) is 0 Å². The number of phenols is 2. The molecule has 1 rings (SSSR count). The Morgan fingerprint density at radius 2 is 1.82 bits per heavy atom. The van der Waals surface area contributed by atoms with Gasteiger partial charge in [0.05, 0.1) is 12.7 Å². The van der Waals surface area contributed by atoms with Gasteiger partial charge in [0, 0.05) is 0 Å². The van der Waals surface area contributed by atoms with Gasteiger partial charge in [0.1, 0.15) is 11.5 Å². The number of aliphatic hydroxyl groups is 2. The highest BCUT2D eigenvalue weighted by molar-refractivity contribution is 5.38. The predicted octanol–water partition coefficient (Wildman–Crippen LogP) is 1.80. The molecule has 1 aromatic rings. The smallest absolute Gasteiger partial charge is 0.119 e. The Hall–Kier alpha value is -1.26. The molecule has 98 valence electrons. The van der Waals surface area contributed by atoms with Crippen LogP contribution in [0.4, 0.5) is 0 Å². The quantitative estimate of drug-likeness (QED) is 0.607. The van der Waals surface area contributed by atoms with Crippen molar-refractivity contribution < 1.29 is 20.4 Å². The molecular formula is C13H22O4. The molecule has 0 spiro atoms. The fourth-order valence-electron chi connectivity index (χ4n) is 1.14. The van der Waals surface area contributed by atoms with Crippen LogP contribution in [0.15, 0.2) is 18.2 Å². The number of hydrogen-bond donors (Lipinski definition) is 4. The lowest BCUT2D eigenvalue weighted by Gasteiger charge is -2.03. The van der Waals surface area contributed by atoms with Crippen molar-refractivity contribution >= 4 is 0 Å². The largest absolute Gasteiger partial charge is 0.508 e. The molecule has 0 saturated heterocycles. The van der Waals surface area contributed by atoms with Gasteiger partial charge in [-0.15, -0.1) is 0 Å². The number of aromatic hydroxyl groups is 2. The normalized spacial score (nSPS) is 11.5. The Labute approximate surface area is 102 Å². The van der Waals surface area contributed by atoms with Crippen molar-refractivity contribution in [1.82, 2.24) is 0 Å². The molecule has 1 atom stereocenters. The van der Waals surface area contributed by atoms with Crippen molar-refractivity contribution in [2.24, 2.45) is 0 Å². The highest BCUT2D eigenvalue weighted by atomic mass is 16.3. The van der Waals surface area contributed by atoms with E-state index in [2.05, 4.69) is 6.92 Å². The molecule has 0 heterocycles. The molecule has 4 nitrogen and oxygen atoms in total. The minimum atomic E-state index is -0.560. The van der Waals surface area contributed by atoms with Crippen LogP contribution in [-0.4, -0.2) is 33.1 Å². The summed E-state index contributed by atoms with van der Waals surface area (Å²) in [5.41, 5.74) is 0.830. The maximum absolute atomic E-state index is 9.35. The van der Waals surface area contributed by atoms with Gasteiger partial charge in [-0.05, 0) is 43.5 Å². The number of phenolic OH excluding ortho intramolecular Hbond substituents is 2. The Balaban J connectivity index is 0.000000437. The molecule has 0 aromatic heterocycles. The summed E-state index contributed by atoms with van der Waals surface area (Å²) in [6.07, 6.45) is 2.40. The van der Waals surface area contributed by atoms with Gasteiger partial charge in [0.25, 0.3) is 0 Å². The van der Waals surface area contributed by atoms with E-state index in [0.717, 1.165) is 24.8 Å². The van der Waals surface area contributed by atoms with Crippen LogP contribution in [0, 0.1) is 0 Å². The summed E-state index contributed by atoms with van der Waals surface area (Å²) in [6.45, 7) is 3.49. The van der Waals surface area contributed by atoms with Crippen LogP contribution >= 0.6 is 0 Å². The summed E-state index contributed by atoms with van der Waals surface area (Å²) in [5.74, 6) is 0.500. The molecule has 4 heteroatoms. The first-order valence-electron chi connectivity index (χ1n) is 5.81. The monoisotopic (exact) mass is 242 g/mol. The molecular weight excluding hydrogens is 220 g/mol. The second-order valence-corrected chi connectivity index (χ2v) is 3.95. The minimum Gasteiger partial charge on any atom is -0.508 e. The lowest BCUT2D eigenvalue weighted by atomic mass is 10.1. The van der Waals surface area contributed by atoms with Crippen LogP contribution in [0.25, 0.3) is 0 Å². The number of unbranched alkanes of at least 4 members (excludes halogenated alkanes) is 1. The van der Waals surface area contributed by atoms with Gasteiger partial charge in [-0.1, -0.05) is 13.3 Å². The Morgan fingerprint density at radius 1 is 1.24 bits per heavy atom. The molecule has 1 unspecified atom stereocenters. The molecule has 0 radical (unpaired) electrons. The topological polar surface area (TPSA) is 80.9 Å². The molecule has 0 amide bonds. The lowest BCUT2D eigenvalue weighted by Crippen LogP contribution is -2.03. The first kappa shape index (κ1) is 15.7. The van der Waals surface area contributed by atoms with Crippen molar-refractivity contribution in [1.29, 1.82) is 0 Å². The highest BCUT2D eigenvalue weighted by Crippen LogP contribution is 2.23. The maximum atomic E-state index is 9.35. The maximum Gasteiger partial charge on any atom is 0.119 e. The van der Waals surface area contributed by atoms with Crippen LogP contribution in [-0.2, 0) is 6.42 Å². The Kier molecular flexibility index (Phi) is 8.19. The average molecular weight is 242 g/mol. The molecule has 0 aliphatic carbocycles. The summed E-state index contributed by atoms with van der Waals surface area (Å²) < 4.78 is 0. The van der Waals surface area contributed by atoms with Gasteiger partial charge >= 0.3 is 0 Å². The fourth-order valence-corrected chi connectivity index (χ4v) is 1.14. The van der Waals surface area contributed by atoms with Crippen LogP contribution in [0.2, 0.25) is 0 Å². The number of aliphatic hydroxyl groups excluding tert-OH is 2. The molecule has 17 heavy (non-hydrogen) atoms. The van der Waals surface area contributed by atoms with E-state index in [9.17, 15) is 5.11 Å². The number of benzene rings is 1. The number of aryl methyl sites for hydroxylation is 1. The zero-order chi connectivity index (χ0) is 13.3. The minimum absolute atomic E-state index is 0.139. The van der Waals surface area contributed by atoms with Crippen molar-refractivity contribution in [2.75, 3.05) is 6.61 Å². The van der Waals surface area contributed by atoms with E-state index in [0.29, 0.717) is 0 Å². The van der Waals surface area contributed by atoms with E-state index in [4.69, 9.17) is 15.3 Å².